The van der Waals surface area contributed by atoms with Gasteiger partial charge >= 0.3 is 0 Å². The van der Waals surface area contributed by atoms with Gasteiger partial charge in [-0.25, -0.2) is 13.8 Å². The highest BCUT2D eigenvalue weighted by Crippen LogP contribution is 2.31. The predicted molar refractivity (Wildman–Crippen MR) is 131 cm³/mol. The van der Waals surface area contributed by atoms with E-state index in [0.717, 1.165) is 22.5 Å². The Balaban J connectivity index is 1.67. The van der Waals surface area contributed by atoms with Crippen LogP contribution in [-0.2, 0) is 12.2 Å². The maximum absolute atomic E-state index is 13.6. The fraction of sp³-hybridized carbons (Fsp3) is 0.192. The van der Waals surface area contributed by atoms with Crippen LogP contribution in [0.3, 0.4) is 0 Å². The molecule has 1 unspecified atom stereocenters. The Labute approximate surface area is 206 Å². The molecule has 4 aromatic rings. The van der Waals surface area contributed by atoms with Gasteiger partial charge in [0.1, 0.15) is 17.4 Å². The van der Waals surface area contributed by atoms with Crippen LogP contribution in [0, 0.1) is 11.6 Å². The molecule has 0 radical (unpaired) electrons. The van der Waals surface area contributed by atoms with E-state index in [9.17, 15) is 13.9 Å². The SMILES string of the molecule is COc1cc(Cc2cnc(SCc3ccc(F)cc3Cl)n2-c2ccc(F)cc2)ccc1C(C)O. The van der Waals surface area contributed by atoms with Crippen LogP contribution in [0.2, 0.25) is 5.02 Å². The molecular weight excluding hydrogens is 478 g/mol. The lowest BCUT2D eigenvalue weighted by Crippen LogP contribution is -2.04. The summed E-state index contributed by atoms with van der Waals surface area (Å²) < 4.78 is 34.4. The third-order valence-corrected chi connectivity index (χ3v) is 6.75. The number of aromatic nitrogens is 2. The first-order valence-corrected chi connectivity index (χ1v) is 12.0. The number of aliphatic hydroxyl groups is 1. The third kappa shape index (κ3) is 5.43. The average molecular weight is 501 g/mol. The van der Waals surface area contributed by atoms with Gasteiger partial charge in [-0.1, -0.05) is 41.6 Å². The molecule has 1 aromatic heterocycles. The average Bonchev–Trinajstić information content (AvgIpc) is 3.21. The van der Waals surface area contributed by atoms with Crippen molar-refractivity contribution in [1.29, 1.82) is 0 Å². The quantitative estimate of drug-likeness (QED) is 0.272. The molecule has 0 amide bonds. The Morgan fingerprint density at radius 2 is 1.79 bits per heavy atom. The molecule has 4 rings (SSSR count). The Morgan fingerprint density at radius 1 is 1.06 bits per heavy atom. The van der Waals surface area contributed by atoms with E-state index in [2.05, 4.69) is 4.98 Å². The number of rotatable bonds is 8. The summed E-state index contributed by atoms with van der Waals surface area (Å²) in [7, 11) is 1.57. The van der Waals surface area contributed by atoms with E-state index in [4.69, 9.17) is 16.3 Å². The molecule has 8 heteroatoms. The Bertz CT molecular complexity index is 1290. The molecule has 0 aliphatic carbocycles. The molecule has 1 N–H and O–H groups in total. The third-order valence-electron chi connectivity index (χ3n) is 5.39. The molecule has 1 heterocycles. The zero-order valence-corrected chi connectivity index (χ0v) is 20.2. The van der Waals surface area contributed by atoms with Crippen molar-refractivity contribution in [2.45, 2.75) is 30.4 Å². The lowest BCUT2D eigenvalue weighted by atomic mass is 10.0. The zero-order chi connectivity index (χ0) is 24.2. The van der Waals surface area contributed by atoms with Crippen LogP contribution >= 0.6 is 23.4 Å². The van der Waals surface area contributed by atoms with Crippen molar-refractivity contribution in [2.75, 3.05) is 7.11 Å². The number of benzene rings is 3. The second kappa shape index (κ2) is 10.6. The van der Waals surface area contributed by atoms with E-state index in [0.29, 0.717) is 33.7 Å². The summed E-state index contributed by atoms with van der Waals surface area (Å²) in [6.07, 6.45) is 1.68. The smallest absolute Gasteiger partial charge is 0.173 e. The number of ether oxygens (including phenoxy) is 1. The Hall–Kier alpha value is -2.87. The van der Waals surface area contributed by atoms with E-state index in [-0.39, 0.29) is 11.6 Å². The number of halogens is 3. The molecule has 0 aliphatic rings. The molecule has 0 spiro atoms. The summed E-state index contributed by atoms with van der Waals surface area (Å²) in [6, 6.07) is 16.2. The van der Waals surface area contributed by atoms with Crippen LogP contribution in [-0.4, -0.2) is 21.8 Å². The molecule has 3 aromatic carbocycles. The molecule has 0 saturated carbocycles. The number of methoxy groups -OCH3 is 1. The topological polar surface area (TPSA) is 47.3 Å². The summed E-state index contributed by atoms with van der Waals surface area (Å²) in [5.41, 5.74) is 4.15. The fourth-order valence-corrected chi connectivity index (χ4v) is 4.99. The summed E-state index contributed by atoms with van der Waals surface area (Å²) in [5.74, 6) is 0.399. The van der Waals surface area contributed by atoms with E-state index in [1.54, 1.807) is 38.4 Å². The van der Waals surface area contributed by atoms with E-state index < -0.39 is 6.10 Å². The van der Waals surface area contributed by atoms with Gasteiger partial charge in [-0.3, -0.25) is 4.57 Å². The first kappa shape index (κ1) is 24.3. The number of nitrogens with zero attached hydrogens (tertiary/aromatic N) is 2. The maximum Gasteiger partial charge on any atom is 0.173 e. The molecule has 34 heavy (non-hydrogen) atoms. The number of imidazole rings is 1. The first-order chi connectivity index (χ1) is 16.4. The minimum Gasteiger partial charge on any atom is -0.496 e. The largest absolute Gasteiger partial charge is 0.496 e. The molecule has 0 bridgehead atoms. The number of aliphatic hydroxyl groups excluding tert-OH is 1. The zero-order valence-electron chi connectivity index (χ0n) is 18.6. The summed E-state index contributed by atoms with van der Waals surface area (Å²) in [4.78, 5) is 4.61. The van der Waals surface area contributed by atoms with Gasteiger partial charge in [-0.15, -0.1) is 0 Å². The Morgan fingerprint density at radius 3 is 2.47 bits per heavy atom. The van der Waals surface area contributed by atoms with Gasteiger partial charge in [0.2, 0.25) is 0 Å². The van der Waals surface area contributed by atoms with Crippen LogP contribution in [0.25, 0.3) is 5.69 Å². The molecule has 1 atom stereocenters. The van der Waals surface area contributed by atoms with Crippen molar-refractivity contribution in [2.24, 2.45) is 0 Å². The van der Waals surface area contributed by atoms with Gasteiger partial charge in [0, 0.05) is 34.1 Å². The molecule has 0 fully saturated rings. The van der Waals surface area contributed by atoms with Crippen LogP contribution < -0.4 is 4.74 Å². The molecular formula is C26H23ClF2N2O2S. The number of hydrogen-bond acceptors (Lipinski definition) is 4. The van der Waals surface area contributed by atoms with Gasteiger partial charge in [0.15, 0.2) is 5.16 Å². The highest BCUT2D eigenvalue weighted by molar-refractivity contribution is 7.98. The van der Waals surface area contributed by atoms with Crippen molar-refractivity contribution in [3.63, 3.8) is 0 Å². The lowest BCUT2D eigenvalue weighted by Gasteiger charge is -2.15. The summed E-state index contributed by atoms with van der Waals surface area (Å²) in [5, 5.41) is 11.0. The summed E-state index contributed by atoms with van der Waals surface area (Å²) >= 11 is 7.65. The van der Waals surface area contributed by atoms with Gasteiger partial charge in [-0.05, 0) is 60.5 Å². The van der Waals surface area contributed by atoms with Crippen LogP contribution in [0.4, 0.5) is 8.78 Å². The maximum atomic E-state index is 13.6. The highest BCUT2D eigenvalue weighted by atomic mass is 35.5. The van der Waals surface area contributed by atoms with E-state index in [1.807, 2.05) is 22.8 Å². The second-order valence-electron chi connectivity index (χ2n) is 7.80. The van der Waals surface area contributed by atoms with Crippen molar-refractivity contribution >= 4 is 23.4 Å². The van der Waals surface area contributed by atoms with Gasteiger partial charge < -0.3 is 9.84 Å². The first-order valence-electron chi connectivity index (χ1n) is 10.6. The van der Waals surface area contributed by atoms with E-state index in [1.165, 1.54) is 36.0 Å². The Kier molecular flexibility index (Phi) is 7.56. The van der Waals surface area contributed by atoms with Crippen molar-refractivity contribution < 1.29 is 18.6 Å². The van der Waals surface area contributed by atoms with Gasteiger partial charge in [0.05, 0.1) is 19.4 Å². The second-order valence-corrected chi connectivity index (χ2v) is 9.15. The van der Waals surface area contributed by atoms with Gasteiger partial charge in [0.25, 0.3) is 0 Å². The van der Waals surface area contributed by atoms with E-state index >= 15 is 0 Å². The van der Waals surface area contributed by atoms with Crippen LogP contribution in [0.1, 0.15) is 35.4 Å². The molecule has 176 valence electrons. The van der Waals surface area contributed by atoms with Crippen LogP contribution in [0.5, 0.6) is 5.75 Å². The van der Waals surface area contributed by atoms with Crippen molar-refractivity contribution in [1.82, 2.24) is 9.55 Å². The monoisotopic (exact) mass is 500 g/mol. The standard InChI is InChI=1S/C26H23ClF2N2O2S/c1-16(32)23-10-3-17(12-25(23)33-2)11-22-14-30-26(31(22)21-8-6-19(28)7-9-21)34-15-18-4-5-20(29)13-24(18)27/h3-10,12-14,16,32H,11,15H2,1-2H3. The number of hydrogen-bond donors (Lipinski definition) is 1. The predicted octanol–water partition coefficient (Wildman–Crippen LogP) is 6.75. The molecule has 4 nitrogen and oxygen atoms in total. The minimum absolute atomic E-state index is 0.323. The van der Waals surface area contributed by atoms with Gasteiger partial charge in [-0.2, -0.15) is 0 Å². The number of thioether (sulfide) groups is 1. The van der Waals surface area contributed by atoms with Crippen molar-refractivity contribution in [3.05, 3.63) is 106 Å². The lowest BCUT2D eigenvalue weighted by molar-refractivity contribution is 0.194. The normalized spacial score (nSPS) is 12.1. The minimum atomic E-state index is -0.643. The fourth-order valence-electron chi connectivity index (χ4n) is 3.66. The summed E-state index contributed by atoms with van der Waals surface area (Å²) in [6.45, 7) is 1.69. The molecule has 0 aliphatic heterocycles. The van der Waals surface area contributed by atoms with Crippen LogP contribution in [0.15, 0.2) is 72.0 Å². The highest BCUT2D eigenvalue weighted by Gasteiger charge is 2.16. The molecule has 0 saturated heterocycles. The van der Waals surface area contributed by atoms with Crippen molar-refractivity contribution in [3.8, 4) is 11.4 Å².